The largest absolute Gasteiger partial charge is 0.441 e. The van der Waals surface area contributed by atoms with Crippen molar-refractivity contribution in [2.45, 2.75) is 20.3 Å². The minimum atomic E-state index is -3.42. The lowest BCUT2D eigenvalue weighted by Gasteiger charge is -1.99. The van der Waals surface area contributed by atoms with Gasteiger partial charge in [-0.25, -0.2) is 4.98 Å². The van der Waals surface area contributed by atoms with Crippen molar-refractivity contribution in [1.82, 2.24) is 4.98 Å². The first-order valence-electron chi connectivity index (χ1n) is 6.23. The number of rotatable bonds is 5. The maximum atomic E-state index is 10.9. The maximum absolute atomic E-state index is 10.9. The minimum absolute atomic E-state index is 0.0689. The molecule has 5 nitrogen and oxygen atoms in total. The zero-order valence-electron chi connectivity index (χ0n) is 11.7. The Morgan fingerprint density at radius 1 is 1.25 bits per heavy atom. The first-order chi connectivity index (χ1) is 9.37. The van der Waals surface area contributed by atoms with Gasteiger partial charge in [-0.05, 0) is 25.5 Å². The van der Waals surface area contributed by atoms with E-state index in [2.05, 4.69) is 4.98 Å². The molecule has 2 rings (SSSR count). The highest BCUT2D eigenvalue weighted by atomic mass is 32.2. The summed E-state index contributed by atoms with van der Waals surface area (Å²) in [7, 11) is -3.42. The summed E-state index contributed by atoms with van der Waals surface area (Å²) < 4.78 is 32.2. The predicted octanol–water partition coefficient (Wildman–Crippen LogP) is 2.48. The maximum Gasteiger partial charge on any atom is 0.264 e. The van der Waals surface area contributed by atoms with Crippen LogP contribution in [0.15, 0.2) is 28.7 Å². The molecular weight excluding hydrogens is 278 g/mol. The smallest absolute Gasteiger partial charge is 0.264 e. The zero-order valence-corrected chi connectivity index (χ0v) is 12.5. The van der Waals surface area contributed by atoms with Gasteiger partial charge < -0.3 is 4.42 Å². The van der Waals surface area contributed by atoms with Crippen LogP contribution >= 0.6 is 0 Å². The second-order valence-electron chi connectivity index (χ2n) is 4.61. The zero-order chi connectivity index (χ0) is 14.8. The molecule has 1 aromatic heterocycles. The Hall–Kier alpha value is -1.66. The van der Waals surface area contributed by atoms with Gasteiger partial charge in [0.1, 0.15) is 5.76 Å². The average Bonchev–Trinajstić information content (AvgIpc) is 2.70. The van der Waals surface area contributed by atoms with E-state index in [-0.39, 0.29) is 6.61 Å². The number of aryl methyl sites for hydroxylation is 2. The van der Waals surface area contributed by atoms with Gasteiger partial charge >= 0.3 is 0 Å². The van der Waals surface area contributed by atoms with Crippen molar-refractivity contribution in [3.05, 3.63) is 41.3 Å². The van der Waals surface area contributed by atoms with E-state index in [9.17, 15) is 8.42 Å². The van der Waals surface area contributed by atoms with E-state index in [0.717, 1.165) is 17.4 Å². The molecule has 0 unspecified atom stereocenters. The van der Waals surface area contributed by atoms with Gasteiger partial charge in [0, 0.05) is 12.0 Å². The Morgan fingerprint density at radius 2 is 1.95 bits per heavy atom. The minimum Gasteiger partial charge on any atom is -0.441 e. The van der Waals surface area contributed by atoms with Crippen LogP contribution in [-0.4, -0.2) is 26.3 Å². The molecular formula is C14H17NO4S. The van der Waals surface area contributed by atoms with Crippen LogP contribution in [0.2, 0.25) is 0 Å². The molecule has 0 N–H and O–H groups in total. The van der Waals surface area contributed by atoms with E-state index in [1.54, 1.807) is 0 Å². The van der Waals surface area contributed by atoms with Crippen molar-refractivity contribution < 1.29 is 17.0 Å². The van der Waals surface area contributed by atoms with Crippen LogP contribution in [0, 0.1) is 13.8 Å². The van der Waals surface area contributed by atoms with Crippen molar-refractivity contribution in [2.75, 3.05) is 12.9 Å². The molecule has 108 valence electrons. The van der Waals surface area contributed by atoms with Crippen LogP contribution in [0.3, 0.4) is 0 Å². The van der Waals surface area contributed by atoms with Gasteiger partial charge in [-0.15, -0.1) is 0 Å². The topological polar surface area (TPSA) is 69.4 Å². The molecule has 0 aliphatic heterocycles. The molecule has 0 atom stereocenters. The van der Waals surface area contributed by atoms with Crippen molar-refractivity contribution in [1.29, 1.82) is 0 Å². The van der Waals surface area contributed by atoms with Crippen LogP contribution in [-0.2, 0) is 20.7 Å². The van der Waals surface area contributed by atoms with Gasteiger partial charge in [-0.3, -0.25) is 4.18 Å². The molecule has 2 aromatic rings. The summed E-state index contributed by atoms with van der Waals surface area (Å²) in [5, 5.41) is 0. The van der Waals surface area contributed by atoms with Crippen molar-refractivity contribution >= 4 is 10.1 Å². The monoisotopic (exact) mass is 295 g/mol. The van der Waals surface area contributed by atoms with Crippen molar-refractivity contribution in [3.8, 4) is 11.5 Å². The molecule has 6 heteroatoms. The second kappa shape index (κ2) is 5.76. The van der Waals surface area contributed by atoms with Gasteiger partial charge in [-0.2, -0.15) is 8.42 Å². The van der Waals surface area contributed by atoms with Crippen LogP contribution < -0.4 is 0 Å². The molecule has 0 radical (unpaired) electrons. The van der Waals surface area contributed by atoms with Gasteiger partial charge in [0.25, 0.3) is 10.1 Å². The van der Waals surface area contributed by atoms with Gasteiger partial charge in [0.05, 0.1) is 18.6 Å². The number of hydrogen-bond acceptors (Lipinski definition) is 5. The molecule has 20 heavy (non-hydrogen) atoms. The summed E-state index contributed by atoms with van der Waals surface area (Å²) in [4.78, 5) is 4.42. The SMILES string of the molecule is Cc1ccccc1-c1nc(CCOS(C)(=O)=O)c(C)o1. The van der Waals surface area contributed by atoms with Crippen molar-refractivity contribution in [2.24, 2.45) is 0 Å². The van der Waals surface area contributed by atoms with E-state index in [4.69, 9.17) is 8.60 Å². The Morgan fingerprint density at radius 3 is 2.60 bits per heavy atom. The predicted molar refractivity (Wildman–Crippen MR) is 75.9 cm³/mol. The van der Waals surface area contributed by atoms with E-state index in [1.165, 1.54) is 0 Å². The third kappa shape index (κ3) is 3.68. The van der Waals surface area contributed by atoms with Crippen molar-refractivity contribution in [3.63, 3.8) is 0 Å². The molecule has 0 saturated carbocycles. The van der Waals surface area contributed by atoms with E-state index in [0.29, 0.717) is 23.8 Å². The highest BCUT2D eigenvalue weighted by molar-refractivity contribution is 7.85. The number of oxazole rings is 1. The lowest BCUT2D eigenvalue weighted by atomic mass is 10.1. The van der Waals surface area contributed by atoms with Gasteiger partial charge in [0.15, 0.2) is 0 Å². The van der Waals surface area contributed by atoms with Crippen LogP contribution in [0.1, 0.15) is 17.0 Å². The first kappa shape index (κ1) is 14.7. The second-order valence-corrected chi connectivity index (χ2v) is 6.26. The quantitative estimate of drug-likeness (QED) is 0.793. The first-order valence-corrected chi connectivity index (χ1v) is 8.05. The summed E-state index contributed by atoms with van der Waals surface area (Å²) in [6, 6.07) is 7.81. The third-order valence-corrected chi connectivity index (χ3v) is 3.50. The Labute approximate surface area is 118 Å². The molecule has 0 aliphatic carbocycles. The Bertz CT molecular complexity index is 704. The molecule has 0 aliphatic rings. The van der Waals surface area contributed by atoms with Crippen LogP contribution in [0.4, 0.5) is 0 Å². The number of benzene rings is 1. The molecule has 0 fully saturated rings. The van der Waals surface area contributed by atoms with Gasteiger partial charge in [0.2, 0.25) is 5.89 Å². The molecule has 0 bridgehead atoms. The van der Waals surface area contributed by atoms with E-state index < -0.39 is 10.1 Å². The van der Waals surface area contributed by atoms with E-state index in [1.807, 2.05) is 38.1 Å². The number of nitrogens with zero attached hydrogens (tertiary/aromatic N) is 1. The van der Waals surface area contributed by atoms with Gasteiger partial charge in [-0.1, -0.05) is 18.2 Å². The molecule has 0 amide bonds. The summed E-state index contributed by atoms with van der Waals surface area (Å²) in [5.74, 6) is 1.23. The lowest BCUT2D eigenvalue weighted by molar-refractivity contribution is 0.324. The summed E-state index contributed by atoms with van der Waals surface area (Å²) in [6.45, 7) is 3.87. The highest BCUT2D eigenvalue weighted by Gasteiger charge is 2.13. The molecule has 0 saturated heterocycles. The summed E-state index contributed by atoms with van der Waals surface area (Å²) in [6.07, 6.45) is 1.43. The summed E-state index contributed by atoms with van der Waals surface area (Å²) >= 11 is 0. The number of hydrogen-bond donors (Lipinski definition) is 0. The fraction of sp³-hybridized carbons (Fsp3) is 0.357. The molecule has 0 spiro atoms. The van der Waals surface area contributed by atoms with Crippen LogP contribution in [0.25, 0.3) is 11.5 Å². The fourth-order valence-corrected chi connectivity index (χ4v) is 2.26. The number of aromatic nitrogens is 1. The fourth-order valence-electron chi connectivity index (χ4n) is 1.88. The van der Waals surface area contributed by atoms with E-state index >= 15 is 0 Å². The third-order valence-electron chi connectivity index (χ3n) is 2.90. The lowest BCUT2D eigenvalue weighted by Crippen LogP contribution is -2.06. The Balaban J connectivity index is 2.16. The molecule has 1 heterocycles. The Kier molecular flexibility index (Phi) is 4.25. The average molecular weight is 295 g/mol. The normalized spacial score (nSPS) is 11.8. The standard InChI is InChI=1S/C14H17NO4S/c1-10-6-4-5-7-12(10)14-15-13(11(2)19-14)8-9-18-20(3,16)17/h4-7H,8-9H2,1-3H3. The highest BCUT2D eigenvalue weighted by Crippen LogP contribution is 2.24. The summed E-state index contributed by atoms with van der Waals surface area (Å²) in [5.41, 5.74) is 2.73. The molecule has 1 aromatic carbocycles. The van der Waals surface area contributed by atoms with Crippen LogP contribution in [0.5, 0.6) is 0 Å².